The lowest BCUT2D eigenvalue weighted by molar-refractivity contribution is -0.139. The zero-order valence-corrected chi connectivity index (χ0v) is 20.9. The summed E-state index contributed by atoms with van der Waals surface area (Å²) in [5.41, 5.74) is 3.48. The Morgan fingerprint density at radius 2 is 1.39 bits per heavy atom. The Bertz CT molecular complexity index is 1170. The van der Waals surface area contributed by atoms with Gasteiger partial charge < -0.3 is 14.2 Å². The van der Waals surface area contributed by atoms with Crippen molar-refractivity contribution in [2.45, 2.75) is 45.4 Å². The van der Waals surface area contributed by atoms with Crippen LogP contribution in [0.4, 0.5) is 0 Å². The largest absolute Gasteiger partial charge is 0.462 e. The third-order valence-corrected chi connectivity index (χ3v) is 6.24. The number of ether oxygens (including phenoxy) is 3. The fourth-order valence-corrected chi connectivity index (χ4v) is 4.09. The topological polar surface area (TPSA) is 78.9 Å². The maximum atomic E-state index is 12.2. The average molecular weight is 489 g/mol. The smallest absolute Gasteiger partial charge is 0.338 e. The summed E-state index contributed by atoms with van der Waals surface area (Å²) >= 11 is 0. The van der Waals surface area contributed by atoms with E-state index in [1.807, 2.05) is 18.2 Å². The number of hydrogen-bond acceptors (Lipinski definition) is 6. The van der Waals surface area contributed by atoms with Gasteiger partial charge in [-0.2, -0.15) is 0 Å². The second kappa shape index (κ2) is 12.2. The van der Waals surface area contributed by atoms with E-state index >= 15 is 0 Å². The van der Waals surface area contributed by atoms with Gasteiger partial charge in [0.05, 0.1) is 6.61 Å². The fourth-order valence-electron chi connectivity index (χ4n) is 4.09. The number of benzene rings is 2. The zero-order chi connectivity index (χ0) is 26.2. The molecule has 188 valence electrons. The molecular weight excluding hydrogens is 456 g/mol. The van der Waals surface area contributed by atoms with Crippen molar-refractivity contribution in [3.8, 4) is 22.6 Å². The minimum atomic E-state index is -0.606. The number of hydrogen-bond donors (Lipinski definition) is 0. The van der Waals surface area contributed by atoms with Gasteiger partial charge in [-0.25, -0.2) is 14.4 Å². The van der Waals surface area contributed by atoms with E-state index in [9.17, 15) is 14.4 Å². The molecule has 1 fully saturated rings. The van der Waals surface area contributed by atoms with Crippen LogP contribution in [0.1, 0.15) is 51.0 Å². The Kier molecular flexibility index (Phi) is 9.01. The Morgan fingerprint density at radius 1 is 0.833 bits per heavy atom. The van der Waals surface area contributed by atoms with Crippen LogP contribution >= 0.6 is 0 Å². The highest BCUT2D eigenvalue weighted by Crippen LogP contribution is 2.38. The van der Waals surface area contributed by atoms with Gasteiger partial charge >= 0.3 is 17.9 Å². The summed E-state index contributed by atoms with van der Waals surface area (Å²) in [4.78, 5) is 35.5. The molecule has 1 saturated carbocycles. The predicted octanol–water partition coefficient (Wildman–Crippen LogP) is 6.32. The van der Waals surface area contributed by atoms with Gasteiger partial charge in [-0.3, -0.25) is 0 Å². The molecule has 0 aromatic heterocycles. The molecule has 0 unspecified atom stereocenters. The van der Waals surface area contributed by atoms with Crippen molar-refractivity contribution >= 4 is 17.9 Å². The van der Waals surface area contributed by atoms with Crippen molar-refractivity contribution < 1.29 is 28.6 Å². The highest BCUT2D eigenvalue weighted by molar-refractivity contribution is 5.91. The molecule has 0 N–H and O–H groups in total. The summed E-state index contributed by atoms with van der Waals surface area (Å²) in [5.74, 6) is -0.461. The minimum Gasteiger partial charge on any atom is -0.462 e. The van der Waals surface area contributed by atoms with Crippen LogP contribution in [0.15, 0.2) is 79.4 Å². The standard InChI is InChI=1S/C30H32O6/c1-6-28(31)34-18-21-7-9-22(10-8-21)23-11-13-24(14-12-23)25-15-16-26(35-29(32)19(2)3)27(17-25)36-30(33)20(4)5/h6,11-17,21-22H,1-2,4,7-10,18H2,3,5H3. The van der Waals surface area contributed by atoms with Crippen molar-refractivity contribution in [2.24, 2.45) is 5.92 Å². The lowest BCUT2D eigenvalue weighted by atomic mass is 9.79. The Balaban J connectivity index is 1.72. The van der Waals surface area contributed by atoms with Gasteiger partial charge in [0.15, 0.2) is 11.5 Å². The van der Waals surface area contributed by atoms with Crippen molar-refractivity contribution in [1.29, 1.82) is 0 Å². The monoisotopic (exact) mass is 488 g/mol. The highest BCUT2D eigenvalue weighted by atomic mass is 16.6. The number of carbonyl (C=O) groups is 3. The van der Waals surface area contributed by atoms with Gasteiger partial charge in [-0.05, 0) is 80.2 Å². The third-order valence-electron chi connectivity index (χ3n) is 6.24. The Labute approximate surface area is 212 Å². The van der Waals surface area contributed by atoms with Crippen molar-refractivity contribution in [2.75, 3.05) is 6.61 Å². The van der Waals surface area contributed by atoms with Gasteiger partial charge in [0.2, 0.25) is 0 Å². The predicted molar refractivity (Wildman–Crippen MR) is 139 cm³/mol. The maximum absolute atomic E-state index is 12.2. The molecule has 0 amide bonds. The van der Waals surface area contributed by atoms with Crippen molar-refractivity contribution in [3.63, 3.8) is 0 Å². The first-order chi connectivity index (χ1) is 17.2. The Morgan fingerprint density at radius 3 is 1.94 bits per heavy atom. The van der Waals surface area contributed by atoms with Crippen LogP contribution in [0.25, 0.3) is 11.1 Å². The second-order valence-corrected chi connectivity index (χ2v) is 9.18. The SMILES string of the molecule is C=CC(=O)OCC1CCC(c2ccc(-c3ccc(OC(=O)C(=C)C)c(OC(=O)C(=C)C)c3)cc2)CC1. The quantitative estimate of drug-likeness (QED) is 0.233. The third kappa shape index (κ3) is 7.04. The molecule has 2 aromatic rings. The molecule has 1 aliphatic carbocycles. The summed E-state index contributed by atoms with van der Waals surface area (Å²) in [6, 6.07) is 13.4. The van der Waals surface area contributed by atoms with E-state index in [0.29, 0.717) is 18.4 Å². The van der Waals surface area contributed by atoms with Crippen molar-refractivity contribution in [3.05, 3.63) is 85.0 Å². The van der Waals surface area contributed by atoms with E-state index in [1.54, 1.807) is 26.0 Å². The molecule has 0 saturated heterocycles. The van der Waals surface area contributed by atoms with E-state index < -0.39 is 11.9 Å². The van der Waals surface area contributed by atoms with Crippen molar-refractivity contribution in [1.82, 2.24) is 0 Å². The minimum absolute atomic E-state index is 0.133. The van der Waals surface area contributed by atoms with Gasteiger partial charge in [0.25, 0.3) is 0 Å². The first kappa shape index (κ1) is 26.7. The van der Waals surface area contributed by atoms with E-state index in [2.05, 4.69) is 31.9 Å². The molecule has 36 heavy (non-hydrogen) atoms. The van der Waals surface area contributed by atoms with Crippen LogP contribution in [-0.2, 0) is 19.1 Å². The van der Waals surface area contributed by atoms with Crippen LogP contribution in [0, 0.1) is 5.92 Å². The molecule has 0 heterocycles. The van der Waals surface area contributed by atoms with Gasteiger partial charge in [-0.15, -0.1) is 0 Å². The van der Waals surface area contributed by atoms with Gasteiger partial charge in [-0.1, -0.05) is 50.1 Å². The summed E-state index contributed by atoms with van der Waals surface area (Å²) in [6.07, 6.45) is 5.30. The number of esters is 3. The molecule has 0 atom stereocenters. The first-order valence-electron chi connectivity index (χ1n) is 12.0. The molecule has 6 heteroatoms. The fraction of sp³-hybridized carbons (Fsp3) is 0.300. The molecule has 3 rings (SSSR count). The lowest BCUT2D eigenvalue weighted by Gasteiger charge is -2.28. The summed E-state index contributed by atoms with van der Waals surface area (Å²) < 4.78 is 16.0. The van der Waals surface area contributed by atoms with Gasteiger partial charge in [0, 0.05) is 17.2 Å². The summed E-state index contributed by atoms with van der Waals surface area (Å²) in [7, 11) is 0. The van der Waals surface area contributed by atoms with E-state index in [1.165, 1.54) is 11.6 Å². The Hall–Kier alpha value is -3.93. The molecule has 2 aromatic carbocycles. The lowest BCUT2D eigenvalue weighted by Crippen LogP contribution is -2.19. The van der Waals surface area contributed by atoms with E-state index in [4.69, 9.17) is 14.2 Å². The van der Waals surface area contributed by atoms with Crippen LogP contribution in [0.5, 0.6) is 11.5 Å². The summed E-state index contributed by atoms with van der Waals surface area (Å²) in [5, 5.41) is 0. The van der Waals surface area contributed by atoms with Crippen LogP contribution in [-0.4, -0.2) is 24.5 Å². The second-order valence-electron chi connectivity index (χ2n) is 9.18. The molecule has 6 nitrogen and oxygen atoms in total. The van der Waals surface area contributed by atoms with Gasteiger partial charge in [0.1, 0.15) is 0 Å². The van der Waals surface area contributed by atoms with Crippen LogP contribution in [0.3, 0.4) is 0 Å². The van der Waals surface area contributed by atoms with Crippen LogP contribution in [0.2, 0.25) is 0 Å². The molecular formula is C30H32O6. The molecule has 0 aliphatic heterocycles. The first-order valence-corrected chi connectivity index (χ1v) is 12.0. The summed E-state index contributed by atoms with van der Waals surface area (Å²) in [6.45, 7) is 14.2. The maximum Gasteiger partial charge on any atom is 0.338 e. The average Bonchev–Trinajstić information content (AvgIpc) is 2.88. The molecule has 0 radical (unpaired) electrons. The van der Waals surface area contributed by atoms with E-state index in [0.717, 1.165) is 36.8 Å². The molecule has 1 aliphatic rings. The highest BCUT2D eigenvalue weighted by Gasteiger charge is 2.23. The molecule has 0 spiro atoms. The zero-order valence-electron chi connectivity index (χ0n) is 20.9. The number of carbonyl (C=O) groups excluding carboxylic acids is 3. The normalized spacial score (nSPS) is 16.9. The molecule has 0 bridgehead atoms. The van der Waals surface area contributed by atoms with Crippen LogP contribution < -0.4 is 9.47 Å². The van der Waals surface area contributed by atoms with E-state index in [-0.39, 0.29) is 28.6 Å². The number of rotatable bonds is 9.